The molecular weight excluding hydrogens is 378 g/mol. The molecule has 2 aliphatic carbocycles. The zero-order valence-corrected chi connectivity index (χ0v) is 18.9. The minimum atomic E-state index is 0.503. The van der Waals surface area contributed by atoms with Gasteiger partial charge in [0.15, 0.2) is 0 Å². The molecule has 0 atom stereocenters. The standard InChI is InChI=1S/C23H35N5S/c1-16-8-13-19(29-16)15-24-14-17-9-11-18(12-10-17)25-23-26-21-7-5-4-6-20(21)22(27-23)28(2)3/h8,13,17-18,24H,4-7,9-12,14-15H2,1-3H3,(H,25,26,27)/t17-,18+. The van der Waals surface area contributed by atoms with Crippen LogP contribution in [0.5, 0.6) is 0 Å². The highest BCUT2D eigenvalue weighted by molar-refractivity contribution is 7.11. The molecule has 0 radical (unpaired) electrons. The maximum absolute atomic E-state index is 4.89. The molecule has 2 heterocycles. The molecule has 0 saturated heterocycles. The van der Waals surface area contributed by atoms with Gasteiger partial charge in [-0.05, 0) is 82.9 Å². The van der Waals surface area contributed by atoms with E-state index < -0.39 is 0 Å². The lowest BCUT2D eigenvalue weighted by Gasteiger charge is -2.30. The van der Waals surface area contributed by atoms with Crippen LogP contribution in [0.4, 0.5) is 11.8 Å². The van der Waals surface area contributed by atoms with Crippen molar-refractivity contribution in [3.63, 3.8) is 0 Å². The molecule has 2 aromatic heterocycles. The average Bonchev–Trinajstić information content (AvgIpc) is 3.13. The van der Waals surface area contributed by atoms with Gasteiger partial charge in [-0.2, -0.15) is 4.98 Å². The highest BCUT2D eigenvalue weighted by atomic mass is 32.1. The minimum Gasteiger partial charge on any atom is -0.362 e. The number of aryl methyl sites for hydroxylation is 2. The number of nitrogens with one attached hydrogen (secondary N) is 2. The molecule has 0 aliphatic heterocycles. The fourth-order valence-electron chi connectivity index (χ4n) is 4.68. The van der Waals surface area contributed by atoms with Gasteiger partial charge in [-0.1, -0.05) is 0 Å². The number of hydrogen-bond acceptors (Lipinski definition) is 6. The molecule has 158 valence electrons. The Morgan fingerprint density at radius 2 is 1.86 bits per heavy atom. The fourth-order valence-corrected chi connectivity index (χ4v) is 5.54. The lowest BCUT2D eigenvalue weighted by Crippen LogP contribution is -2.32. The Labute approximate surface area is 179 Å². The van der Waals surface area contributed by atoms with E-state index in [1.165, 1.54) is 59.5 Å². The summed E-state index contributed by atoms with van der Waals surface area (Å²) >= 11 is 1.90. The average molecular weight is 414 g/mol. The van der Waals surface area contributed by atoms with Crippen LogP contribution in [0.2, 0.25) is 0 Å². The molecule has 0 aromatic carbocycles. The normalized spacial score (nSPS) is 21.6. The Hall–Kier alpha value is -1.66. The molecule has 0 unspecified atom stereocenters. The summed E-state index contributed by atoms with van der Waals surface area (Å²) in [5.74, 6) is 2.73. The molecule has 6 heteroatoms. The van der Waals surface area contributed by atoms with Crippen LogP contribution < -0.4 is 15.5 Å². The predicted octanol–water partition coefficient (Wildman–Crippen LogP) is 4.55. The minimum absolute atomic E-state index is 0.503. The monoisotopic (exact) mass is 413 g/mol. The Kier molecular flexibility index (Phi) is 6.70. The molecular formula is C23H35N5S. The molecule has 2 aliphatic rings. The first kappa shape index (κ1) is 20.6. The molecule has 2 N–H and O–H groups in total. The van der Waals surface area contributed by atoms with Crippen molar-refractivity contribution in [2.75, 3.05) is 30.9 Å². The number of nitrogens with zero attached hydrogens (tertiary/aromatic N) is 3. The topological polar surface area (TPSA) is 53.1 Å². The van der Waals surface area contributed by atoms with E-state index in [4.69, 9.17) is 9.97 Å². The van der Waals surface area contributed by atoms with Crippen molar-refractivity contribution in [1.29, 1.82) is 0 Å². The van der Waals surface area contributed by atoms with Crippen molar-refractivity contribution in [3.8, 4) is 0 Å². The summed E-state index contributed by atoms with van der Waals surface area (Å²) in [7, 11) is 4.19. The Bertz CT molecular complexity index is 808. The Morgan fingerprint density at radius 1 is 1.07 bits per heavy atom. The molecule has 2 aromatic rings. The van der Waals surface area contributed by atoms with E-state index in [1.807, 2.05) is 11.3 Å². The van der Waals surface area contributed by atoms with Crippen LogP contribution in [0, 0.1) is 12.8 Å². The SMILES string of the molecule is Cc1ccc(CNC[C@H]2CC[C@@H](Nc3nc4c(c(N(C)C)n3)CCCC4)CC2)s1. The van der Waals surface area contributed by atoms with E-state index >= 15 is 0 Å². The van der Waals surface area contributed by atoms with Gasteiger partial charge in [0.25, 0.3) is 0 Å². The first-order valence-corrected chi connectivity index (χ1v) is 12.0. The van der Waals surface area contributed by atoms with Crippen LogP contribution in [0.25, 0.3) is 0 Å². The van der Waals surface area contributed by atoms with E-state index in [2.05, 4.69) is 48.7 Å². The van der Waals surface area contributed by atoms with Crippen LogP contribution in [-0.2, 0) is 19.4 Å². The molecule has 0 spiro atoms. The number of fused-ring (bicyclic) bond motifs is 1. The largest absolute Gasteiger partial charge is 0.362 e. The van der Waals surface area contributed by atoms with E-state index in [1.54, 1.807) is 0 Å². The number of rotatable bonds is 7. The lowest BCUT2D eigenvalue weighted by molar-refractivity contribution is 0.324. The van der Waals surface area contributed by atoms with Crippen LogP contribution >= 0.6 is 11.3 Å². The first-order chi connectivity index (χ1) is 14.1. The molecule has 1 fully saturated rings. The Balaban J connectivity index is 1.27. The third-order valence-corrected chi connectivity index (χ3v) is 7.29. The summed E-state index contributed by atoms with van der Waals surface area (Å²) in [6, 6.07) is 4.96. The van der Waals surface area contributed by atoms with Crippen LogP contribution in [-0.4, -0.2) is 36.6 Å². The first-order valence-electron chi connectivity index (χ1n) is 11.2. The van der Waals surface area contributed by atoms with Gasteiger partial charge in [-0.15, -0.1) is 11.3 Å². The maximum Gasteiger partial charge on any atom is 0.225 e. The highest BCUT2D eigenvalue weighted by Gasteiger charge is 2.23. The van der Waals surface area contributed by atoms with Crippen LogP contribution in [0.1, 0.15) is 59.5 Å². The van der Waals surface area contributed by atoms with Gasteiger partial charge in [0.05, 0.1) is 5.69 Å². The summed E-state index contributed by atoms with van der Waals surface area (Å²) < 4.78 is 0. The number of aromatic nitrogens is 2. The van der Waals surface area contributed by atoms with Gasteiger partial charge in [-0.25, -0.2) is 4.98 Å². The van der Waals surface area contributed by atoms with Crippen LogP contribution in [0.3, 0.4) is 0 Å². The summed E-state index contributed by atoms with van der Waals surface area (Å²) in [6.07, 6.45) is 9.69. The zero-order valence-electron chi connectivity index (χ0n) is 18.1. The third-order valence-electron chi connectivity index (χ3n) is 6.29. The second-order valence-corrected chi connectivity index (χ2v) is 10.3. The summed E-state index contributed by atoms with van der Waals surface area (Å²) in [4.78, 5) is 14.8. The molecule has 5 nitrogen and oxygen atoms in total. The lowest BCUT2D eigenvalue weighted by atomic mass is 9.86. The fraction of sp³-hybridized carbons (Fsp3) is 0.652. The van der Waals surface area contributed by atoms with Crippen molar-refractivity contribution >= 4 is 23.1 Å². The van der Waals surface area contributed by atoms with Gasteiger partial charge in [-0.3, -0.25) is 0 Å². The highest BCUT2D eigenvalue weighted by Crippen LogP contribution is 2.30. The second kappa shape index (κ2) is 9.43. The maximum atomic E-state index is 4.89. The van der Waals surface area contributed by atoms with Crippen LogP contribution in [0.15, 0.2) is 12.1 Å². The van der Waals surface area contributed by atoms with E-state index in [0.717, 1.165) is 43.6 Å². The van der Waals surface area contributed by atoms with Gasteiger partial charge in [0, 0.05) is 42.0 Å². The van der Waals surface area contributed by atoms with E-state index in [0.29, 0.717) is 6.04 Å². The van der Waals surface area contributed by atoms with Gasteiger partial charge in [0.1, 0.15) is 5.82 Å². The molecule has 0 amide bonds. The molecule has 1 saturated carbocycles. The zero-order chi connectivity index (χ0) is 20.2. The van der Waals surface area contributed by atoms with E-state index in [9.17, 15) is 0 Å². The number of anilines is 2. The van der Waals surface area contributed by atoms with Gasteiger partial charge >= 0.3 is 0 Å². The van der Waals surface area contributed by atoms with E-state index in [-0.39, 0.29) is 0 Å². The third kappa shape index (κ3) is 5.28. The van der Waals surface area contributed by atoms with Crippen molar-refractivity contribution in [1.82, 2.24) is 15.3 Å². The molecule has 0 bridgehead atoms. The van der Waals surface area contributed by atoms with Gasteiger partial charge in [0.2, 0.25) is 5.95 Å². The summed E-state index contributed by atoms with van der Waals surface area (Å²) in [5.41, 5.74) is 2.63. The molecule has 4 rings (SSSR count). The quantitative estimate of drug-likeness (QED) is 0.697. The second-order valence-electron chi connectivity index (χ2n) is 8.90. The van der Waals surface area contributed by atoms with Crippen molar-refractivity contribution < 1.29 is 0 Å². The van der Waals surface area contributed by atoms with Gasteiger partial charge < -0.3 is 15.5 Å². The summed E-state index contributed by atoms with van der Waals surface area (Å²) in [6.45, 7) is 4.31. The molecule has 29 heavy (non-hydrogen) atoms. The van der Waals surface area contributed by atoms with Crippen molar-refractivity contribution in [3.05, 3.63) is 33.1 Å². The van der Waals surface area contributed by atoms with Crippen molar-refractivity contribution in [2.24, 2.45) is 5.92 Å². The van der Waals surface area contributed by atoms with Crippen molar-refractivity contribution in [2.45, 2.75) is 70.9 Å². The predicted molar refractivity (Wildman–Crippen MR) is 123 cm³/mol. The Morgan fingerprint density at radius 3 is 2.59 bits per heavy atom. The number of thiophene rings is 1. The summed E-state index contributed by atoms with van der Waals surface area (Å²) in [5, 5.41) is 7.33. The smallest absolute Gasteiger partial charge is 0.225 e. The number of hydrogen-bond donors (Lipinski definition) is 2.